The normalized spacial score (nSPS) is 23.4. The highest BCUT2D eigenvalue weighted by Crippen LogP contribution is 2.32. The highest BCUT2D eigenvalue weighted by Gasteiger charge is 2.35. The monoisotopic (exact) mass is 401 g/mol. The molecule has 1 aromatic carbocycles. The van der Waals surface area contributed by atoms with E-state index in [-0.39, 0.29) is 35.9 Å². The van der Waals surface area contributed by atoms with Crippen LogP contribution in [-0.2, 0) is 16.0 Å². The van der Waals surface area contributed by atoms with Gasteiger partial charge in [-0.1, -0.05) is 19.3 Å². The minimum absolute atomic E-state index is 0.00727. The van der Waals surface area contributed by atoms with Gasteiger partial charge >= 0.3 is 5.97 Å². The highest BCUT2D eigenvalue weighted by molar-refractivity contribution is 5.79. The van der Waals surface area contributed by atoms with E-state index in [2.05, 4.69) is 9.97 Å². The van der Waals surface area contributed by atoms with Crippen molar-refractivity contribution in [2.24, 2.45) is 17.8 Å². The molecule has 7 heteroatoms. The van der Waals surface area contributed by atoms with Gasteiger partial charge in [0.15, 0.2) is 0 Å². The van der Waals surface area contributed by atoms with E-state index in [0.29, 0.717) is 37.0 Å². The Hall–Kier alpha value is -2.44. The number of aliphatic carboxylic acids is 1. The second kappa shape index (κ2) is 8.51. The summed E-state index contributed by atoms with van der Waals surface area (Å²) >= 11 is 0. The molecule has 4 rings (SSSR count). The van der Waals surface area contributed by atoms with Gasteiger partial charge in [0.05, 0.1) is 11.0 Å². The van der Waals surface area contributed by atoms with Crippen LogP contribution >= 0.6 is 0 Å². The maximum absolute atomic E-state index is 13.5. The Kier molecular flexibility index (Phi) is 5.83. The summed E-state index contributed by atoms with van der Waals surface area (Å²) in [5.74, 6) is -0.0227. The molecule has 2 atom stereocenters. The van der Waals surface area contributed by atoms with Gasteiger partial charge in [0.1, 0.15) is 11.6 Å². The molecular weight excluding hydrogens is 373 g/mol. The number of H-pyrrole nitrogens is 1. The van der Waals surface area contributed by atoms with E-state index in [1.54, 1.807) is 6.07 Å². The molecule has 2 aromatic rings. The summed E-state index contributed by atoms with van der Waals surface area (Å²) in [7, 11) is 0. The molecule has 0 radical (unpaired) electrons. The summed E-state index contributed by atoms with van der Waals surface area (Å²) in [6, 6.07) is 4.44. The van der Waals surface area contributed by atoms with Crippen molar-refractivity contribution in [3.8, 4) is 0 Å². The van der Waals surface area contributed by atoms with Crippen LogP contribution in [0.4, 0.5) is 4.39 Å². The third-order valence-electron chi connectivity index (χ3n) is 6.54. The van der Waals surface area contributed by atoms with Crippen LogP contribution in [0.3, 0.4) is 0 Å². The van der Waals surface area contributed by atoms with Crippen LogP contribution in [0.2, 0.25) is 0 Å². The molecule has 0 spiro atoms. The van der Waals surface area contributed by atoms with Crippen LogP contribution < -0.4 is 0 Å². The second-order valence-corrected chi connectivity index (χ2v) is 8.57. The fourth-order valence-electron chi connectivity index (χ4n) is 4.99. The minimum atomic E-state index is -0.807. The average Bonchev–Trinajstić information content (AvgIpc) is 3.10. The van der Waals surface area contributed by atoms with Crippen molar-refractivity contribution >= 4 is 22.9 Å². The number of fused-ring (bicyclic) bond motifs is 1. The number of rotatable bonds is 5. The lowest BCUT2D eigenvalue weighted by Crippen LogP contribution is -2.47. The number of imidazole rings is 1. The van der Waals surface area contributed by atoms with Crippen LogP contribution in [0.25, 0.3) is 11.0 Å². The number of carboxylic acid groups (broad SMARTS) is 1. The van der Waals surface area contributed by atoms with Gasteiger partial charge in [-0.3, -0.25) is 9.59 Å². The number of benzene rings is 1. The van der Waals surface area contributed by atoms with E-state index in [4.69, 9.17) is 0 Å². The molecular formula is C22H28FN3O3. The Morgan fingerprint density at radius 2 is 1.97 bits per heavy atom. The van der Waals surface area contributed by atoms with Gasteiger partial charge in [0, 0.05) is 31.8 Å². The number of piperidine rings is 1. The SMILES string of the molecule is O=C(O)C[C@@H]1CCN(C(=O)C2CCCCC2)C[C@@H]1Cc1nc2ccc(F)cc2[nH]1. The minimum Gasteiger partial charge on any atom is -0.481 e. The fourth-order valence-corrected chi connectivity index (χ4v) is 4.99. The van der Waals surface area contributed by atoms with E-state index in [9.17, 15) is 19.1 Å². The van der Waals surface area contributed by atoms with Crippen molar-refractivity contribution in [2.75, 3.05) is 13.1 Å². The zero-order valence-electron chi connectivity index (χ0n) is 16.6. The molecule has 0 bridgehead atoms. The Balaban J connectivity index is 1.50. The summed E-state index contributed by atoms with van der Waals surface area (Å²) in [4.78, 5) is 34.0. The Morgan fingerprint density at radius 1 is 1.17 bits per heavy atom. The number of amides is 1. The van der Waals surface area contributed by atoms with E-state index >= 15 is 0 Å². The standard InChI is InChI=1S/C22H28FN3O3/c23-17-6-7-18-19(12-17)25-20(24-18)10-16-13-26(9-8-15(16)11-21(27)28)22(29)14-4-2-1-3-5-14/h6-7,12,14-16H,1-5,8-11,13H2,(H,24,25)(H,27,28)/t15-,16-/m0/s1. The third kappa shape index (κ3) is 4.60. The molecule has 156 valence electrons. The summed E-state index contributed by atoms with van der Waals surface area (Å²) in [5.41, 5.74) is 1.34. The Labute approximate surface area is 169 Å². The predicted molar refractivity (Wildman–Crippen MR) is 107 cm³/mol. The smallest absolute Gasteiger partial charge is 0.303 e. The number of halogens is 1. The van der Waals surface area contributed by atoms with Gasteiger partial charge in [0.25, 0.3) is 0 Å². The van der Waals surface area contributed by atoms with Gasteiger partial charge in [-0.05, 0) is 49.3 Å². The van der Waals surface area contributed by atoms with Gasteiger partial charge in [-0.15, -0.1) is 0 Å². The highest BCUT2D eigenvalue weighted by atomic mass is 19.1. The van der Waals surface area contributed by atoms with Crippen LogP contribution in [0.1, 0.15) is 50.8 Å². The largest absolute Gasteiger partial charge is 0.481 e. The van der Waals surface area contributed by atoms with Crippen LogP contribution in [0, 0.1) is 23.6 Å². The lowest BCUT2D eigenvalue weighted by Gasteiger charge is -2.40. The quantitative estimate of drug-likeness (QED) is 0.799. The predicted octanol–water partition coefficient (Wildman–Crippen LogP) is 3.76. The summed E-state index contributed by atoms with van der Waals surface area (Å²) < 4.78 is 13.5. The van der Waals surface area contributed by atoms with Crippen LogP contribution in [0.15, 0.2) is 18.2 Å². The average molecular weight is 401 g/mol. The molecule has 2 fully saturated rings. The zero-order valence-corrected chi connectivity index (χ0v) is 16.6. The van der Waals surface area contributed by atoms with Crippen molar-refractivity contribution in [1.82, 2.24) is 14.9 Å². The van der Waals surface area contributed by atoms with E-state index in [1.807, 2.05) is 4.90 Å². The molecule has 2 N–H and O–H groups in total. The topological polar surface area (TPSA) is 86.3 Å². The zero-order chi connectivity index (χ0) is 20.4. The number of nitrogens with one attached hydrogen (secondary N) is 1. The van der Waals surface area contributed by atoms with Crippen molar-refractivity contribution in [2.45, 2.75) is 51.4 Å². The molecule has 2 aliphatic rings. The van der Waals surface area contributed by atoms with Gasteiger partial charge in [-0.25, -0.2) is 9.37 Å². The number of aromatic amines is 1. The molecule has 1 saturated heterocycles. The number of likely N-dealkylation sites (tertiary alicyclic amines) is 1. The molecule has 1 saturated carbocycles. The van der Waals surface area contributed by atoms with E-state index in [1.165, 1.54) is 18.6 Å². The molecule has 1 aromatic heterocycles. The second-order valence-electron chi connectivity index (χ2n) is 8.57. The molecule has 6 nitrogen and oxygen atoms in total. The van der Waals surface area contributed by atoms with Crippen LogP contribution in [-0.4, -0.2) is 44.9 Å². The number of carbonyl (C=O) groups is 2. The molecule has 1 amide bonds. The summed E-state index contributed by atoms with van der Waals surface area (Å²) in [6.07, 6.45) is 6.73. The van der Waals surface area contributed by atoms with Crippen molar-refractivity contribution in [3.63, 3.8) is 0 Å². The molecule has 1 aliphatic carbocycles. The number of aromatic nitrogens is 2. The molecule has 29 heavy (non-hydrogen) atoms. The van der Waals surface area contributed by atoms with Crippen molar-refractivity contribution in [3.05, 3.63) is 29.8 Å². The first-order valence-electron chi connectivity index (χ1n) is 10.6. The first-order valence-corrected chi connectivity index (χ1v) is 10.6. The van der Waals surface area contributed by atoms with Gasteiger partial charge in [-0.2, -0.15) is 0 Å². The number of nitrogens with zero attached hydrogens (tertiary/aromatic N) is 2. The molecule has 1 aliphatic heterocycles. The number of hydrogen-bond donors (Lipinski definition) is 2. The lowest BCUT2D eigenvalue weighted by atomic mass is 9.80. The third-order valence-corrected chi connectivity index (χ3v) is 6.54. The first-order chi connectivity index (χ1) is 14.0. The number of carboxylic acids is 1. The Bertz CT molecular complexity index is 891. The molecule has 0 unspecified atom stereocenters. The maximum atomic E-state index is 13.5. The van der Waals surface area contributed by atoms with Gasteiger partial charge < -0.3 is 15.0 Å². The first kappa shape index (κ1) is 19.9. The fraction of sp³-hybridized carbons (Fsp3) is 0.591. The maximum Gasteiger partial charge on any atom is 0.303 e. The summed E-state index contributed by atoms with van der Waals surface area (Å²) in [5, 5.41) is 9.33. The van der Waals surface area contributed by atoms with E-state index in [0.717, 1.165) is 31.5 Å². The lowest BCUT2D eigenvalue weighted by molar-refractivity contribution is -0.141. The van der Waals surface area contributed by atoms with E-state index < -0.39 is 5.97 Å². The number of carbonyl (C=O) groups excluding carboxylic acids is 1. The van der Waals surface area contributed by atoms with Crippen molar-refractivity contribution < 1.29 is 19.1 Å². The van der Waals surface area contributed by atoms with Gasteiger partial charge in [0.2, 0.25) is 5.91 Å². The van der Waals surface area contributed by atoms with Crippen LogP contribution in [0.5, 0.6) is 0 Å². The molecule has 2 heterocycles. The van der Waals surface area contributed by atoms with Crippen molar-refractivity contribution in [1.29, 1.82) is 0 Å². The summed E-state index contributed by atoms with van der Waals surface area (Å²) in [6.45, 7) is 1.20. The number of hydrogen-bond acceptors (Lipinski definition) is 3. The Morgan fingerprint density at radius 3 is 2.72 bits per heavy atom.